The molecule has 0 unspecified atom stereocenters. The first-order chi connectivity index (χ1) is 14.5. The molecule has 1 aromatic carbocycles. The molecule has 0 saturated carbocycles. The Balaban J connectivity index is 1.42. The van der Waals surface area contributed by atoms with Crippen LogP contribution < -0.4 is 10.5 Å². The normalized spacial score (nSPS) is 17.2. The van der Waals surface area contributed by atoms with Crippen LogP contribution in [0, 0.1) is 0 Å². The Bertz CT molecular complexity index is 1260. The Labute approximate surface area is 178 Å². The van der Waals surface area contributed by atoms with Crippen molar-refractivity contribution in [3.63, 3.8) is 0 Å². The smallest absolute Gasteiger partial charge is 0.259 e. The number of methoxy groups -OCH3 is 1. The number of aryl methyl sites for hydroxylation is 1. The van der Waals surface area contributed by atoms with Gasteiger partial charge in [0.25, 0.3) is 5.91 Å². The van der Waals surface area contributed by atoms with Crippen molar-refractivity contribution in [3.05, 3.63) is 58.7 Å². The van der Waals surface area contributed by atoms with Crippen molar-refractivity contribution in [2.24, 2.45) is 12.8 Å². The van der Waals surface area contributed by atoms with E-state index in [1.807, 2.05) is 12.1 Å². The van der Waals surface area contributed by atoms with Crippen molar-refractivity contribution in [3.8, 4) is 5.75 Å². The number of fused-ring (bicyclic) bond motifs is 2. The summed E-state index contributed by atoms with van der Waals surface area (Å²) >= 11 is 1.41. The predicted molar refractivity (Wildman–Crippen MR) is 120 cm³/mol. The number of hydrogen-bond acceptors (Lipinski definition) is 5. The molecule has 1 aliphatic heterocycles. The molecule has 154 valence electrons. The molecule has 0 bridgehead atoms. The van der Waals surface area contributed by atoms with Crippen molar-refractivity contribution >= 4 is 38.4 Å². The zero-order valence-electron chi connectivity index (χ0n) is 17.1. The SMILES string of the molecule is COc1ccc2c(CN3CC[C@H](c4c(C(N)=O)sc5ncccc45)C3)cn(C)c2c1. The number of nitrogens with zero attached hydrogens (tertiary/aromatic N) is 3. The van der Waals surface area contributed by atoms with Crippen molar-refractivity contribution in [2.45, 2.75) is 18.9 Å². The molecule has 30 heavy (non-hydrogen) atoms. The van der Waals surface area contributed by atoms with Crippen LogP contribution in [0.1, 0.15) is 33.1 Å². The molecular formula is C23H24N4O2S. The molecular weight excluding hydrogens is 396 g/mol. The standard InChI is InChI=1S/C23H24N4O2S/c1-26-11-15(17-6-5-16(29-2)10-19(17)26)13-27-9-7-14(12-27)20-18-4-3-8-25-23(18)30-21(20)22(24)28/h3-6,8,10-11,14H,7,9,12-13H2,1-2H3,(H2,24,28)/t14-/m0/s1. The summed E-state index contributed by atoms with van der Waals surface area (Å²) in [6, 6.07) is 10.2. The first-order valence-electron chi connectivity index (χ1n) is 10.1. The molecule has 0 spiro atoms. The van der Waals surface area contributed by atoms with E-state index >= 15 is 0 Å². The highest BCUT2D eigenvalue weighted by molar-refractivity contribution is 7.20. The van der Waals surface area contributed by atoms with Gasteiger partial charge in [0.05, 0.1) is 17.5 Å². The van der Waals surface area contributed by atoms with Crippen molar-refractivity contribution in [2.75, 3.05) is 20.2 Å². The van der Waals surface area contributed by atoms with E-state index in [0.717, 1.165) is 47.6 Å². The van der Waals surface area contributed by atoms with Crippen LogP contribution in [0.3, 0.4) is 0 Å². The van der Waals surface area contributed by atoms with Gasteiger partial charge >= 0.3 is 0 Å². The van der Waals surface area contributed by atoms with E-state index in [1.165, 1.54) is 27.8 Å². The summed E-state index contributed by atoms with van der Waals surface area (Å²) in [6.45, 7) is 2.78. The number of rotatable bonds is 5. The second-order valence-corrected chi connectivity index (χ2v) is 8.93. The number of primary amides is 1. The Morgan fingerprint density at radius 2 is 2.20 bits per heavy atom. The second kappa shape index (κ2) is 7.41. The lowest BCUT2D eigenvalue weighted by Crippen LogP contribution is -2.20. The van der Waals surface area contributed by atoms with Crippen LogP contribution in [0.4, 0.5) is 0 Å². The fraction of sp³-hybridized carbons (Fsp3) is 0.304. The van der Waals surface area contributed by atoms with E-state index < -0.39 is 0 Å². The topological polar surface area (TPSA) is 73.4 Å². The average Bonchev–Trinajstić information content (AvgIpc) is 3.44. The van der Waals surface area contributed by atoms with E-state index in [0.29, 0.717) is 10.8 Å². The van der Waals surface area contributed by atoms with Crippen LogP contribution in [-0.2, 0) is 13.6 Å². The number of carbonyl (C=O) groups excluding carboxylic acids is 1. The van der Waals surface area contributed by atoms with E-state index in [2.05, 4.69) is 45.9 Å². The molecule has 3 aromatic heterocycles. The van der Waals surface area contributed by atoms with Gasteiger partial charge in [0.15, 0.2) is 0 Å². The first-order valence-corrected chi connectivity index (χ1v) is 10.9. The van der Waals surface area contributed by atoms with Gasteiger partial charge in [-0.3, -0.25) is 9.69 Å². The van der Waals surface area contributed by atoms with Gasteiger partial charge in [0.2, 0.25) is 0 Å². The molecule has 0 radical (unpaired) electrons. The van der Waals surface area contributed by atoms with Gasteiger partial charge in [-0.25, -0.2) is 4.98 Å². The molecule has 4 aromatic rings. The van der Waals surface area contributed by atoms with Gasteiger partial charge in [-0.15, -0.1) is 11.3 Å². The van der Waals surface area contributed by atoms with Crippen molar-refractivity contribution in [1.82, 2.24) is 14.5 Å². The number of amides is 1. The summed E-state index contributed by atoms with van der Waals surface area (Å²) in [5.74, 6) is 0.809. The Kier molecular flexibility index (Phi) is 4.72. The third-order valence-electron chi connectivity index (χ3n) is 6.08. The molecule has 7 heteroatoms. The van der Waals surface area contributed by atoms with Crippen molar-refractivity contribution < 1.29 is 9.53 Å². The minimum Gasteiger partial charge on any atom is -0.497 e. The number of nitrogens with two attached hydrogens (primary N) is 1. The van der Waals surface area contributed by atoms with E-state index in [9.17, 15) is 4.79 Å². The number of pyridine rings is 1. The quantitative estimate of drug-likeness (QED) is 0.532. The fourth-order valence-electron chi connectivity index (χ4n) is 4.69. The maximum absolute atomic E-state index is 12.1. The van der Waals surface area contributed by atoms with Crippen LogP contribution in [-0.4, -0.2) is 40.6 Å². The van der Waals surface area contributed by atoms with Gasteiger partial charge in [0.1, 0.15) is 10.6 Å². The molecule has 1 fully saturated rings. The van der Waals surface area contributed by atoms with Gasteiger partial charge in [-0.2, -0.15) is 0 Å². The van der Waals surface area contributed by atoms with Gasteiger partial charge < -0.3 is 15.0 Å². The molecule has 5 rings (SSSR count). The average molecular weight is 421 g/mol. The highest BCUT2D eigenvalue weighted by atomic mass is 32.1. The largest absolute Gasteiger partial charge is 0.497 e. The highest BCUT2D eigenvalue weighted by Gasteiger charge is 2.30. The number of benzene rings is 1. The molecule has 1 aliphatic rings. The lowest BCUT2D eigenvalue weighted by atomic mass is 9.95. The number of hydrogen-bond donors (Lipinski definition) is 1. The number of carbonyl (C=O) groups is 1. The molecule has 1 atom stereocenters. The minimum atomic E-state index is -0.352. The summed E-state index contributed by atoms with van der Waals surface area (Å²) in [5.41, 5.74) is 9.27. The van der Waals surface area contributed by atoms with E-state index in [-0.39, 0.29) is 5.91 Å². The Morgan fingerprint density at radius 3 is 3.00 bits per heavy atom. The summed E-state index contributed by atoms with van der Waals surface area (Å²) in [5, 5.41) is 2.32. The number of ether oxygens (including phenoxy) is 1. The lowest BCUT2D eigenvalue weighted by molar-refractivity contribution is 0.100. The zero-order valence-corrected chi connectivity index (χ0v) is 17.9. The fourth-order valence-corrected chi connectivity index (χ4v) is 5.77. The minimum absolute atomic E-state index is 0.292. The first kappa shape index (κ1) is 19.1. The van der Waals surface area contributed by atoms with Gasteiger partial charge in [0, 0.05) is 55.3 Å². The summed E-state index contributed by atoms with van der Waals surface area (Å²) < 4.78 is 7.53. The third-order valence-corrected chi connectivity index (χ3v) is 7.23. The van der Waals surface area contributed by atoms with Crippen LogP contribution in [0.25, 0.3) is 21.1 Å². The van der Waals surface area contributed by atoms with E-state index in [1.54, 1.807) is 13.3 Å². The van der Waals surface area contributed by atoms with Crippen LogP contribution >= 0.6 is 11.3 Å². The van der Waals surface area contributed by atoms with Crippen LogP contribution in [0.2, 0.25) is 0 Å². The maximum atomic E-state index is 12.1. The predicted octanol–water partition coefficient (Wildman–Crippen LogP) is 3.89. The zero-order chi connectivity index (χ0) is 20.8. The van der Waals surface area contributed by atoms with Crippen LogP contribution in [0.15, 0.2) is 42.7 Å². The van der Waals surface area contributed by atoms with Gasteiger partial charge in [-0.05, 0) is 42.3 Å². The maximum Gasteiger partial charge on any atom is 0.259 e. The summed E-state index contributed by atoms with van der Waals surface area (Å²) in [6.07, 6.45) is 4.99. The number of thiophene rings is 1. The second-order valence-electron chi connectivity index (χ2n) is 7.93. The molecule has 4 heterocycles. The van der Waals surface area contributed by atoms with Crippen LogP contribution in [0.5, 0.6) is 5.75 Å². The molecule has 1 amide bonds. The third kappa shape index (κ3) is 3.14. The van der Waals surface area contributed by atoms with E-state index in [4.69, 9.17) is 10.5 Å². The monoisotopic (exact) mass is 420 g/mol. The Morgan fingerprint density at radius 1 is 1.33 bits per heavy atom. The van der Waals surface area contributed by atoms with Crippen molar-refractivity contribution in [1.29, 1.82) is 0 Å². The molecule has 1 saturated heterocycles. The van der Waals surface area contributed by atoms with Gasteiger partial charge in [-0.1, -0.05) is 6.07 Å². The number of aromatic nitrogens is 2. The lowest BCUT2D eigenvalue weighted by Gasteiger charge is -2.16. The molecule has 0 aliphatic carbocycles. The number of likely N-dealkylation sites (tertiary alicyclic amines) is 1. The summed E-state index contributed by atoms with van der Waals surface area (Å²) in [4.78, 5) is 20.6. The molecule has 6 nitrogen and oxygen atoms in total. The Hall–Kier alpha value is -2.90. The molecule has 2 N–H and O–H groups in total. The highest BCUT2D eigenvalue weighted by Crippen LogP contribution is 2.39. The summed E-state index contributed by atoms with van der Waals surface area (Å²) in [7, 11) is 3.76.